The number of nitrogens with one attached hydrogen (secondary N) is 2. The van der Waals surface area contributed by atoms with Crippen molar-refractivity contribution in [3.8, 4) is 0 Å². The Bertz CT molecular complexity index is 1340. The van der Waals surface area contributed by atoms with E-state index in [0.29, 0.717) is 17.1 Å². The summed E-state index contributed by atoms with van der Waals surface area (Å²) in [5.41, 5.74) is 0.733. The molecular weight excluding hydrogens is 469 g/mol. The van der Waals surface area contributed by atoms with Crippen molar-refractivity contribution in [3.63, 3.8) is 0 Å². The summed E-state index contributed by atoms with van der Waals surface area (Å²) < 4.78 is 41.5. The molecule has 0 saturated carbocycles. The van der Waals surface area contributed by atoms with Crippen molar-refractivity contribution < 1.29 is 17.6 Å². The van der Waals surface area contributed by atoms with Gasteiger partial charge in [-0.3, -0.25) is 10.1 Å². The molecule has 0 atom stereocenters. The summed E-state index contributed by atoms with van der Waals surface area (Å²) in [6, 6.07) is 16.0. The van der Waals surface area contributed by atoms with Crippen LogP contribution in [-0.2, 0) is 23.0 Å². The highest BCUT2D eigenvalue weighted by atomic mass is 32.2. The molecule has 2 aromatic carbocycles. The van der Waals surface area contributed by atoms with Crippen LogP contribution >= 0.6 is 22.7 Å². The molecule has 0 unspecified atom stereocenters. The Hall–Kier alpha value is -2.92. The number of hydrogen-bond acceptors (Lipinski definition) is 6. The lowest BCUT2D eigenvalue weighted by atomic mass is 10.1. The molecule has 0 aliphatic rings. The van der Waals surface area contributed by atoms with Crippen LogP contribution in [-0.4, -0.2) is 19.3 Å². The molecule has 0 bridgehead atoms. The van der Waals surface area contributed by atoms with E-state index in [1.54, 1.807) is 24.4 Å². The SMILES string of the molecule is O=C(Nc1ncc(Cc2ccccc2F)s1)c1cccc(S(=O)(=O)NCc2cccs2)c1. The van der Waals surface area contributed by atoms with Gasteiger partial charge in [0.25, 0.3) is 5.91 Å². The van der Waals surface area contributed by atoms with Crippen LogP contribution in [0.3, 0.4) is 0 Å². The third kappa shape index (κ3) is 5.46. The van der Waals surface area contributed by atoms with Gasteiger partial charge in [-0.2, -0.15) is 0 Å². The van der Waals surface area contributed by atoms with E-state index >= 15 is 0 Å². The molecule has 1 amide bonds. The maximum absolute atomic E-state index is 13.8. The van der Waals surface area contributed by atoms with Crippen LogP contribution < -0.4 is 10.0 Å². The van der Waals surface area contributed by atoms with Crippen LogP contribution in [0.1, 0.15) is 25.7 Å². The normalized spacial score (nSPS) is 11.4. The Morgan fingerprint density at radius 2 is 1.88 bits per heavy atom. The minimum absolute atomic E-state index is 0.00101. The fourth-order valence-corrected chi connectivity index (χ4v) is 5.53. The fraction of sp³-hybridized carbons (Fsp3) is 0.0909. The smallest absolute Gasteiger partial charge is 0.257 e. The molecule has 10 heteroatoms. The summed E-state index contributed by atoms with van der Waals surface area (Å²) in [5, 5.41) is 4.90. The number of carbonyl (C=O) groups excluding carboxylic acids is 1. The lowest BCUT2D eigenvalue weighted by molar-refractivity contribution is 0.102. The third-order valence-corrected chi connectivity index (χ3v) is 7.71. The van der Waals surface area contributed by atoms with E-state index < -0.39 is 15.9 Å². The number of rotatable bonds is 8. The van der Waals surface area contributed by atoms with E-state index in [-0.39, 0.29) is 22.8 Å². The molecule has 0 saturated heterocycles. The number of sulfonamides is 1. The summed E-state index contributed by atoms with van der Waals surface area (Å²) in [4.78, 5) is 18.5. The fourth-order valence-electron chi connectivity index (χ4n) is 2.91. The first kappa shape index (κ1) is 22.3. The van der Waals surface area contributed by atoms with Crippen LogP contribution in [0.15, 0.2) is 77.1 Å². The monoisotopic (exact) mass is 487 g/mol. The number of thiazole rings is 1. The molecule has 0 spiro atoms. The van der Waals surface area contributed by atoms with Gasteiger partial charge in [-0.15, -0.1) is 22.7 Å². The molecule has 0 fully saturated rings. The van der Waals surface area contributed by atoms with Gasteiger partial charge in [0, 0.05) is 34.5 Å². The zero-order valence-electron chi connectivity index (χ0n) is 16.6. The number of aromatic nitrogens is 1. The number of carbonyl (C=O) groups is 1. The molecule has 6 nitrogen and oxygen atoms in total. The lowest BCUT2D eigenvalue weighted by Crippen LogP contribution is -2.23. The van der Waals surface area contributed by atoms with Crippen LogP contribution in [0.2, 0.25) is 0 Å². The van der Waals surface area contributed by atoms with Gasteiger partial charge >= 0.3 is 0 Å². The predicted molar refractivity (Wildman–Crippen MR) is 124 cm³/mol. The van der Waals surface area contributed by atoms with Crippen molar-refractivity contribution in [2.24, 2.45) is 0 Å². The van der Waals surface area contributed by atoms with Gasteiger partial charge < -0.3 is 0 Å². The summed E-state index contributed by atoms with van der Waals surface area (Å²) in [5.74, 6) is -0.774. The zero-order valence-corrected chi connectivity index (χ0v) is 19.1. The minimum atomic E-state index is -3.77. The maximum atomic E-state index is 13.8. The Kier molecular flexibility index (Phi) is 6.75. The quantitative estimate of drug-likeness (QED) is 0.378. The van der Waals surface area contributed by atoms with Crippen LogP contribution in [0, 0.1) is 5.82 Å². The van der Waals surface area contributed by atoms with Crippen molar-refractivity contribution in [1.29, 1.82) is 0 Å². The van der Waals surface area contributed by atoms with Crippen LogP contribution in [0.25, 0.3) is 0 Å². The average molecular weight is 488 g/mol. The van der Waals surface area contributed by atoms with Gasteiger partial charge in [-0.1, -0.05) is 30.3 Å². The Labute approximate surface area is 192 Å². The molecule has 4 aromatic rings. The number of nitrogens with zero attached hydrogens (tertiary/aromatic N) is 1. The molecular formula is C22H18FN3O3S3. The molecule has 164 valence electrons. The Balaban J connectivity index is 1.43. The van der Waals surface area contributed by atoms with E-state index in [1.807, 2.05) is 17.5 Å². The predicted octanol–water partition coefficient (Wildman–Crippen LogP) is 4.67. The second kappa shape index (κ2) is 9.70. The van der Waals surface area contributed by atoms with Gasteiger partial charge in [0.15, 0.2) is 5.13 Å². The van der Waals surface area contributed by atoms with E-state index in [9.17, 15) is 17.6 Å². The second-order valence-corrected chi connectivity index (χ2v) is 10.7. The van der Waals surface area contributed by atoms with Crippen molar-refractivity contribution in [1.82, 2.24) is 9.71 Å². The molecule has 4 rings (SSSR count). The number of amides is 1. The third-order valence-electron chi connectivity index (χ3n) is 4.52. The molecule has 0 aliphatic carbocycles. The van der Waals surface area contributed by atoms with E-state index in [0.717, 1.165) is 9.75 Å². The molecule has 32 heavy (non-hydrogen) atoms. The highest BCUT2D eigenvalue weighted by molar-refractivity contribution is 7.89. The minimum Gasteiger partial charge on any atom is -0.298 e. The van der Waals surface area contributed by atoms with Crippen molar-refractivity contribution in [2.45, 2.75) is 17.9 Å². The highest BCUT2D eigenvalue weighted by Gasteiger charge is 2.17. The first-order chi connectivity index (χ1) is 15.4. The topological polar surface area (TPSA) is 88.2 Å². The summed E-state index contributed by atoms with van der Waals surface area (Å²) >= 11 is 2.69. The van der Waals surface area contributed by atoms with E-state index in [1.165, 1.54) is 53.0 Å². The maximum Gasteiger partial charge on any atom is 0.257 e. The first-order valence-electron chi connectivity index (χ1n) is 9.52. The number of benzene rings is 2. The van der Waals surface area contributed by atoms with Crippen molar-refractivity contribution >= 4 is 43.7 Å². The van der Waals surface area contributed by atoms with Gasteiger partial charge in [0.2, 0.25) is 10.0 Å². The van der Waals surface area contributed by atoms with Crippen molar-refractivity contribution in [3.05, 3.63) is 98.9 Å². The molecule has 0 radical (unpaired) electrons. The summed E-state index contributed by atoms with van der Waals surface area (Å²) in [6.45, 7) is 0.181. The Morgan fingerprint density at radius 1 is 1.03 bits per heavy atom. The van der Waals surface area contributed by atoms with E-state index in [2.05, 4.69) is 15.0 Å². The van der Waals surface area contributed by atoms with Gasteiger partial charge in [0.05, 0.1) is 4.90 Å². The average Bonchev–Trinajstić information content (AvgIpc) is 3.46. The first-order valence-corrected chi connectivity index (χ1v) is 12.7. The number of anilines is 1. The van der Waals surface area contributed by atoms with Gasteiger partial charge in [-0.05, 0) is 41.3 Å². The molecule has 2 heterocycles. The molecule has 0 aliphatic heterocycles. The lowest BCUT2D eigenvalue weighted by Gasteiger charge is -2.08. The summed E-state index contributed by atoms with van der Waals surface area (Å²) in [6.07, 6.45) is 1.95. The molecule has 2 N–H and O–H groups in total. The second-order valence-electron chi connectivity index (χ2n) is 6.79. The number of thiophene rings is 1. The Morgan fingerprint density at radius 3 is 2.66 bits per heavy atom. The van der Waals surface area contributed by atoms with E-state index in [4.69, 9.17) is 0 Å². The van der Waals surface area contributed by atoms with Gasteiger partial charge in [-0.25, -0.2) is 22.5 Å². The number of hydrogen-bond donors (Lipinski definition) is 2. The standard InChI is InChI=1S/C22H18FN3O3S3/c23-20-9-2-1-5-15(20)11-18-13-24-22(31-18)26-21(27)16-6-3-8-19(12-16)32(28,29)25-14-17-7-4-10-30-17/h1-10,12-13,25H,11,14H2,(H,24,26,27). The highest BCUT2D eigenvalue weighted by Crippen LogP contribution is 2.23. The summed E-state index contributed by atoms with van der Waals surface area (Å²) in [7, 11) is -3.77. The number of halogens is 1. The molecule has 2 aromatic heterocycles. The van der Waals surface area contributed by atoms with Crippen LogP contribution in [0.5, 0.6) is 0 Å². The van der Waals surface area contributed by atoms with Crippen LogP contribution in [0.4, 0.5) is 9.52 Å². The van der Waals surface area contributed by atoms with Crippen molar-refractivity contribution in [2.75, 3.05) is 5.32 Å². The largest absolute Gasteiger partial charge is 0.298 e. The zero-order chi connectivity index (χ0) is 22.6. The van der Waals surface area contributed by atoms with Gasteiger partial charge in [0.1, 0.15) is 5.82 Å².